The van der Waals surface area contributed by atoms with Gasteiger partial charge in [-0.25, -0.2) is 9.97 Å². The third-order valence-corrected chi connectivity index (χ3v) is 5.86. The Labute approximate surface area is 148 Å². The quantitative estimate of drug-likeness (QED) is 0.780. The summed E-state index contributed by atoms with van der Waals surface area (Å²) in [6, 6.07) is 4.03. The summed E-state index contributed by atoms with van der Waals surface area (Å²) >= 11 is 1.34. The lowest BCUT2D eigenvalue weighted by Gasteiger charge is -2.14. The first-order valence-corrected chi connectivity index (χ1v) is 9.55. The number of amides is 1. The molecule has 0 unspecified atom stereocenters. The molecule has 0 spiro atoms. The van der Waals surface area contributed by atoms with Gasteiger partial charge in [0.25, 0.3) is 5.56 Å². The molecule has 25 heavy (non-hydrogen) atoms. The zero-order chi connectivity index (χ0) is 17.4. The summed E-state index contributed by atoms with van der Waals surface area (Å²) in [6.07, 6.45) is 6.69. The first-order valence-electron chi connectivity index (χ1n) is 8.73. The van der Waals surface area contributed by atoms with Crippen molar-refractivity contribution in [1.82, 2.24) is 19.9 Å². The van der Waals surface area contributed by atoms with E-state index in [0.717, 1.165) is 35.9 Å². The van der Waals surface area contributed by atoms with Crippen LogP contribution in [0.2, 0.25) is 0 Å². The van der Waals surface area contributed by atoms with Crippen LogP contribution in [-0.4, -0.2) is 26.5 Å². The molecule has 1 N–H and O–H groups in total. The molecule has 3 aromatic heterocycles. The van der Waals surface area contributed by atoms with Gasteiger partial charge < -0.3 is 5.32 Å². The number of aryl methyl sites for hydroxylation is 1. The highest BCUT2D eigenvalue weighted by Gasteiger charge is 2.20. The molecule has 6 nitrogen and oxygen atoms in total. The van der Waals surface area contributed by atoms with Gasteiger partial charge in [-0.1, -0.05) is 19.8 Å². The Hall–Kier alpha value is -2.28. The van der Waals surface area contributed by atoms with Crippen molar-refractivity contribution in [2.45, 2.75) is 51.6 Å². The number of thiophene rings is 1. The predicted molar refractivity (Wildman–Crippen MR) is 99.0 cm³/mol. The SMILES string of the molecule is CCc1nc2c(sc3ncccc32)c(=O)n1CC(=O)NC1CCCC1. The Bertz CT molecular complexity index is 1000. The molecule has 3 heterocycles. The molecule has 1 fully saturated rings. The first kappa shape index (κ1) is 16.2. The third kappa shape index (κ3) is 2.93. The summed E-state index contributed by atoms with van der Waals surface area (Å²) < 4.78 is 2.08. The Balaban J connectivity index is 1.74. The Morgan fingerprint density at radius 1 is 1.40 bits per heavy atom. The molecule has 1 saturated carbocycles. The van der Waals surface area contributed by atoms with Crippen LogP contribution in [0.4, 0.5) is 0 Å². The van der Waals surface area contributed by atoms with E-state index in [1.54, 1.807) is 6.20 Å². The minimum Gasteiger partial charge on any atom is -0.352 e. The smallest absolute Gasteiger partial charge is 0.272 e. The zero-order valence-corrected chi connectivity index (χ0v) is 14.9. The van der Waals surface area contributed by atoms with Gasteiger partial charge in [-0.15, -0.1) is 11.3 Å². The van der Waals surface area contributed by atoms with Crippen LogP contribution in [-0.2, 0) is 17.8 Å². The topological polar surface area (TPSA) is 76.9 Å². The molecule has 0 saturated heterocycles. The summed E-state index contributed by atoms with van der Waals surface area (Å²) in [5.41, 5.74) is 0.550. The van der Waals surface area contributed by atoms with Crippen LogP contribution in [0.1, 0.15) is 38.4 Å². The van der Waals surface area contributed by atoms with Gasteiger partial charge in [-0.2, -0.15) is 0 Å². The largest absolute Gasteiger partial charge is 0.352 e. The highest BCUT2D eigenvalue weighted by Crippen LogP contribution is 2.28. The number of nitrogens with zero attached hydrogens (tertiary/aromatic N) is 3. The fourth-order valence-corrected chi connectivity index (χ4v) is 4.56. The second-order valence-electron chi connectivity index (χ2n) is 6.46. The average molecular weight is 356 g/mol. The van der Waals surface area contributed by atoms with Crippen molar-refractivity contribution in [3.8, 4) is 0 Å². The predicted octanol–water partition coefficient (Wildman–Crippen LogP) is 2.63. The van der Waals surface area contributed by atoms with Gasteiger partial charge in [0.15, 0.2) is 0 Å². The van der Waals surface area contributed by atoms with E-state index in [-0.39, 0.29) is 24.1 Å². The van der Waals surface area contributed by atoms with Crippen LogP contribution in [0.5, 0.6) is 0 Å². The van der Waals surface area contributed by atoms with Crippen molar-refractivity contribution in [2.24, 2.45) is 0 Å². The lowest BCUT2D eigenvalue weighted by Crippen LogP contribution is -2.38. The van der Waals surface area contributed by atoms with Crippen molar-refractivity contribution < 1.29 is 4.79 Å². The van der Waals surface area contributed by atoms with E-state index in [0.29, 0.717) is 22.5 Å². The van der Waals surface area contributed by atoms with E-state index in [2.05, 4.69) is 15.3 Å². The summed E-state index contributed by atoms with van der Waals surface area (Å²) in [7, 11) is 0. The van der Waals surface area contributed by atoms with E-state index in [1.165, 1.54) is 15.9 Å². The molecule has 0 radical (unpaired) electrons. The Morgan fingerprint density at radius 3 is 2.96 bits per heavy atom. The Morgan fingerprint density at radius 2 is 2.20 bits per heavy atom. The number of fused-ring (bicyclic) bond motifs is 3. The maximum atomic E-state index is 13.0. The molecule has 0 atom stereocenters. The van der Waals surface area contributed by atoms with E-state index >= 15 is 0 Å². The molecule has 0 aliphatic heterocycles. The third-order valence-electron chi connectivity index (χ3n) is 4.77. The molecular weight excluding hydrogens is 336 g/mol. The van der Waals surface area contributed by atoms with Gasteiger partial charge in [0.1, 0.15) is 21.9 Å². The number of carbonyl (C=O) groups is 1. The van der Waals surface area contributed by atoms with Gasteiger partial charge in [0.2, 0.25) is 5.91 Å². The number of pyridine rings is 1. The van der Waals surface area contributed by atoms with Crippen molar-refractivity contribution in [2.75, 3.05) is 0 Å². The molecule has 130 valence electrons. The Kier molecular flexibility index (Phi) is 4.25. The van der Waals surface area contributed by atoms with Crippen LogP contribution >= 0.6 is 11.3 Å². The van der Waals surface area contributed by atoms with Crippen molar-refractivity contribution >= 4 is 37.7 Å². The monoisotopic (exact) mass is 356 g/mol. The highest BCUT2D eigenvalue weighted by molar-refractivity contribution is 7.25. The van der Waals surface area contributed by atoms with Crippen LogP contribution < -0.4 is 10.9 Å². The molecule has 0 bridgehead atoms. The van der Waals surface area contributed by atoms with E-state index < -0.39 is 0 Å². The van der Waals surface area contributed by atoms with E-state index in [9.17, 15) is 9.59 Å². The first-order chi connectivity index (χ1) is 12.2. The molecule has 3 aromatic rings. The normalized spacial score (nSPS) is 15.2. The number of rotatable bonds is 4. The van der Waals surface area contributed by atoms with Crippen molar-refractivity contribution in [3.63, 3.8) is 0 Å². The minimum atomic E-state index is -0.147. The number of aromatic nitrogens is 3. The summed E-state index contributed by atoms with van der Waals surface area (Å²) in [5, 5.41) is 3.95. The highest BCUT2D eigenvalue weighted by atomic mass is 32.1. The number of carbonyl (C=O) groups excluding carboxylic acids is 1. The van der Waals surface area contributed by atoms with Crippen LogP contribution in [0.25, 0.3) is 20.4 Å². The second kappa shape index (κ2) is 6.55. The lowest BCUT2D eigenvalue weighted by molar-refractivity contribution is -0.122. The molecule has 7 heteroatoms. The maximum absolute atomic E-state index is 13.0. The molecule has 4 rings (SSSR count). The molecule has 0 aromatic carbocycles. The van der Waals surface area contributed by atoms with Gasteiger partial charge >= 0.3 is 0 Å². The summed E-state index contributed by atoms with van der Waals surface area (Å²) in [6.45, 7) is 1.98. The van der Waals surface area contributed by atoms with Gasteiger partial charge in [-0.3, -0.25) is 14.2 Å². The average Bonchev–Trinajstić information content (AvgIpc) is 3.24. The second-order valence-corrected chi connectivity index (χ2v) is 7.46. The minimum absolute atomic E-state index is 0.0309. The lowest BCUT2D eigenvalue weighted by atomic mass is 10.2. The maximum Gasteiger partial charge on any atom is 0.272 e. The zero-order valence-electron chi connectivity index (χ0n) is 14.1. The van der Waals surface area contributed by atoms with Crippen LogP contribution in [0.3, 0.4) is 0 Å². The summed E-state index contributed by atoms with van der Waals surface area (Å²) in [5.74, 6) is 0.534. The number of hydrogen-bond donors (Lipinski definition) is 1. The fraction of sp³-hybridized carbons (Fsp3) is 0.444. The van der Waals surface area contributed by atoms with Crippen molar-refractivity contribution in [1.29, 1.82) is 0 Å². The van der Waals surface area contributed by atoms with Gasteiger partial charge in [0, 0.05) is 24.0 Å². The van der Waals surface area contributed by atoms with E-state index in [4.69, 9.17) is 0 Å². The molecule has 1 aliphatic carbocycles. The van der Waals surface area contributed by atoms with E-state index in [1.807, 2.05) is 19.1 Å². The molecule has 1 aliphatic rings. The molecular formula is C18H20N4O2S. The fourth-order valence-electron chi connectivity index (χ4n) is 3.52. The standard InChI is InChI=1S/C18H20N4O2S/c1-2-13-21-15-12-8-5-9-19-17(12)25-16(15)18(24)22(13)10-14(23)20-11-6-3-4-7-11/h5,8-9,11H,2-4,6-7,10H2,1H3,(H,20,23). The van der Waals surface area contributed by atoms with Gasteiger partial charge in [-0.05, 0) is 25.0 Å². The number of nitrogens with one attached hydrogen (secondary N) is 1. The molecule has 1 amide bonds. The van der Waals surface area contributed by atoms with Crippen LogP contribution in [0.15, 0.2) is 23.1 Å². The van der Waals surface area contributed by atoms with Crippen LogP contribution in [0, 0.1) is 0 Å². The summed E-state index contributed by atoms with van der Waals surface area (Å²) in [4.78, 5) is 35.2. The van der Waals surface area contributed by atoms with Gasteiger partial charge in [0.05, 0.1) is 5.52 Å². The van der Waals surface area contributed by atoms with Crippen molar-refractivity contribution in [3.05, 3.63) is 34.5 Å². The number of hydrogen-bond acceptors (Lipinski definition) is 5.